The normalized spacial score (nSPS) is 18.4. The molecule has 1 heterocycles. The van der Waals surface area contributed by atoms with E-state index in [4.69, 9.17) is 9.47 Å². The van der Waals surface area contributed by atoms with Crippen LogP contribution in [-0.4, -0.2) is 71.9 Å². The van der Waals surface area contributed by atoms with Crippen molar-refractivity contribution in [3.63, 3.8) is 0 Å². The lowest BCUT2D eigenvalue weighted by atomic mass is 9.87. The van der Waals surface area contributed by atoms with E-state index in [1.807, 2.05) is 71.9 Å². The van der Waals surface area contributed by atoms with Crippen molar-refractivity contribution in [2.75, 3.05) is 13.2 Å². The monoisotopic (exact) mass is 576 g/mol. The van der Waals surface area contributed by atoms with Gasteiger partial charge < -0.3 is 35.8 Å². The number of hydrogen-bond donors (Lipinski definition) is 5. The molecule has 1 saturated heterocycles. The fourth-order valence-electron chi connectivity index (χ4n) is 4.69. The van der Waals surface area contributed by atoms with Crippen LogP contribution >= 0.6 is 0 Å². The summed E-state index contributed by atoms with van der Waals surface area (Å²) >= 11 is 0. The molecule has 0 saturated carbocycles. The number of carbonyl (C=O) groups excluding carboxylic acids is 4. The molecule has 1 aliphatic heterocycles. The average molecular weight is 577 g/mol. The molecule has 230 valence electrons. The quantitative estimate of drug-likeness (QED) is 0.242. The van der Waals surface area contributed by atoms with Crippen molar-refractivity contribution in [2.24, 2.45) is 11.3 Å². The van der Waals surface area contributed by atoms with E-state index < -0.39 is 47.7 Å². The average Bonchev–Trinajstić information content (AvgIpc) is 3.27. The highest BCUT2D eigenvalue weighted by atomic mass is 16.6. The van der Waals surface area contributed by atoms with Gasteiger partial charge in [0.15, 0.2) is 0 Å². The van der Waals surface area contributed by atoms with Crippen molar-refractivity contribution >= 4 is 23.8 Å². The maximum Gasteiger partial charge on any atom is 0.408 e. The number of carbonyl (C=O) groups is 4. The molecule has 11 heteroatoms. The molecule has 41 heavy (non-hydrogen) atoms. The SMILES string of the molecule is C[C@@H](OC(C)(C)C)[C@H](NC(=O)OCc1ccccc1)C(=O)N[C@@H](CC(C)(C)C)C(=O)N[C@H](CO)C[C@@H]1CCNC1=O. The van der Waals surface area contributed by atoms with Crippen molar-refractivity contribution in [3.05, 3.63) is 35.9 Å². The van der Waals surface area contributed by atoms with Gasteiger partial charge in [0.2, 0.25) is 17.7 Å². The van der Waals surface area contributed by atoms with Crippen LogP contribution in [0.25, 0.3) is 0 Å². The highest BCUT2D eigenvalue weighted by molar-refractivity contribution is 5.92. The lowest BCUT2D eigenvalue weighted by molar-refractivity contribution is -0.136. The third-order valence-corrected chi connectivity index (χ3v) is 6.53. The van der Waals surface area contributed by atoms with Crippen LogP contribution in [0.1, 0.15) is 73.3 Å². The molecule has 5 N–H and O–H groups in total. The number of benzene rings is 1. The van der Waals surface area contributed by atoms with E-state index in [1.165, 1.54) is 0 Å². The van der Waals surface area contributed by atoms with E-state index in [1.54, 1.807) is 6.92 Å². The van der Waals surface area contributed by atoms with Gasteiger partial charge in [-0.3, -0.25) is 14.4 Å². The van der Waals surface area contributed by atoms with Gasteiger partial charge in [0.25, 0.3) is 0 Å². The van der Waals surface area contributed by atoms with Gasteiger partial charge >= 0.3 is 6.09 Å². The van der Waals surface area contributed by atoms with Crippen molar-refractivity contribution in [1.29, 1.82) is 0 Å². The molecule has 0 spiro atoms. The zero-order chi connectivity index (χ0) is 30.8. The summed E-state index contributed by atoms with van der Waals surface area (Å²) in [6.45, 7) is 13.2. The highest BCUT2D eigenvalue weighted by Crippen LogP contribution is 2.22. The number of nitrogens with one attached hydrogen (secondary N) is 4. The van der Waals surface area contributed by atoms with E-state index in [0.29, 0.717) is 13.0 Å². The molecule has 2 rings (SSSR count). The molecule has 0 aromatic heterocycles. The van der Waals surface area contributed by atoms with Gasteiger partial charge in [-0.2, -0.15) is 0 Å². The van der Waals surface area contributed by atoms with Crippen LogP contribution in [0.4, 0.5) is 4.79 Å². The van der Waals surface area contributed by atoms with Crippen molar-refractivity contribution in [3.8, 4) is 0 Å². The van der Waals surface area contributed by atoms with E-state index in [2.05, 4.69) is 21.3 Å². The number of aliphatic hydroxyl groups is 1. The number of amides is 4. The van der Waals surface area contributed by atoms with Crippen molar-refractivity contribution in [2.45, 2.75) is 104 Å². The van der Waals surface area contributed by atoms with E-state index >= 15 is 0 Å². The topological polar surface area (TPSA) is 155 Å². The Bertz CT molecular complexity index is 1020. The molecule has 1 aromatic carbocycles. The van der Waals surface area contributed by atoms with E-state index in [0.717, 1.165) is 5.56 Å². The Labute approximate surface area is 243 Å². The largest absolute Gasteiger partial charge is 0.445 e. The molecule has 0 unspecified atom stereocenters. The van der Waals surface area contributed by atoms with Crippen LogP contribution < -0.4 is 21.3 Å². The van der Waals surface area contributed by atoms with Crippen LogP contribution in [0.15, 0.2) is 30.3 Å². The Morgan fingerprint density at radius 3 is 2.22 bits per heavy atom. The Kier molecular flexibility index (Phi) is 12.6. The smallest absolute Gasteiger partial charge is 0.408 e. The zero-order valence-electron chi connectivity index (χ0n) is 25.4. The fraction of sp³-hybridized carbons (Fsp3) is 0.667. The number of ether oxygens (including phenoxy) is 2. The van der Waals surface area contributed by atoms with Gasteiger partial charge in [-0.1, -0.05) is 51.1 Å². The lowest BCUT2D eigenvalue weighted by Crippen LogP contribution is -2.59. The second-order valence-corrected chi connectivity index (χ2v) is 12.8. The Morgan fingerprint density at radius 1 is 1.02 bits per heavy atom. The molecule has 0 radical (unpaired) electrons. The second-order valence-electron chi connectivity index (χ2n) is 12.8. The van der Waals surface area contributed by atoms with Crippen LogP contribution in [0.5, 0.6) is 0 Å². The maximum absolute atomic E-state index is 13.6. The summed E-state index contributed by atoms with van der Waals surface area (Å²) in [5.74, 6) is -1.49. The van der Waals surface area contributed by atoms with Gasteiger partial charge in [-0.05, 0) is 57.9 Å². The van der Waals surface area contributed by atoms with Crippen molar-refractivity contribution in [1.82, 2.24) is 21.3 Å². The first kappa shape index (κ1) is 34.0. The summed E-state index contributed by atoms with van der Waals surface area (Å²) < 4.78 is 11.3. The van der Waals surface area contributed by atoms with Gasteiger partial charge in [-0.25, -0.2) is 4.79 Å². The summed E-state index contributed by atoms with van der Waals surface area (Å²) in [5, 5.41) is 20.9. The summed E-state index contributed by atoms with van der Waals surface area (Å²) in [7, 11) is 0. The van der Waals surface area contributed by atoms with Crippen LogP contribution in [0.2, 0.25) is 0 Å². The summed E-state index contributed by atoms with van der Waals surface area (Å²) in [6.07, 6.45) is -0.355. The first-order chi connectivity index (χ1) is 19.1. The first-order valence-corrected chi connectivity index (χ1v) is 14.2. The Balaban J connectivity index is 2.17. The summed E-state index contributed by atoms with van der Waals surface area (Å²) in [6, 6.07) is 6.36. The zero-order valence-corrected chi connectivity index (χ0v) is 25.4. The number of hydrogen-bond acceptors (Lipinski definition) is 7. The molecule has 11 nitrogen and oxygen atoms in total. The molecular formula is C30H48N4O7. The number of alkyl carbamates (subject to hydrolysis) is 1. The van der Waals surface area contributed by atoms with E-state index in [9.17, 15) is 24.3 Å². The molecule has 4 amide bonds. The second kappa shape index (κ2) is 15.2. The van der Waals surface area contributed by atoms with E-state index in [-0.39, 0.29) is 43.3 Å². The predicted octanol–water partition coefficient (Wildman–Crippen LogP) is 2.41. The minimum atomic E-state index is -1.16. The molecule has 5 atom stereocenters. The van der Waals surface area contributed by atoms with Gasteiger partial charge in [0.05, 0.1) is 24.4 Å². The van der Waals surface area contributed by atoms with Crippen LogP contribution in [-0.2, 0) is 30.5 Å². The molecule has 0 bridgehead atoms. The van der Waals surface area contributed by atoms with Gasteiger partial charge in [0, 0.05) is 12.5 Å². The van der Waals surface area contributed by atoms with Crippen LogP contribution in [0.3, 0.4) is 0 Å². The molecule has 1 fully saturated rings. The minimum absolute atomic E-state index is 0.0200. The van der Waals surface area contributed by atoms with Gasteiger partial charge in [0.1, 0.15) is 18.7 Å². The maximum atomic E-state index is 13.6. The summed E-state index contributed by atoms with van der Waals surface area (Å²) in [5.41, 5.74) is -0.171. The molecule has 1 aromatic rings. The lowest BCUT2D eigenvalue weighted by Gasteiger charge is -2.33. The van der Waals surface area contributed by atoms with Crippen LogP contribution in [0, 0.1) is 11.3 Å². The third kappa shape index (κ3) is 12.5. The summed E-state index contributed by atoms with van der Waals surface area (Å²) in [4.78, 5) is 51.7. The Hall–Kier alpha value is -3.18. The number of aliphatic hydroxyl groups excluding tert-OH is 1. The molecular weight excluding hydrogens is 528 g/mol. The first-order valence-electron chi connectivity index (χ1n) is 14.2. The standard InChI is InChI=1S/C30H48N4O7/c1-19(41-30(5,6)7)24(34-28(39)40-18-20-11-9-8-10-12-20)27(38)33-23(16-29(2,3)4)26(37)32-22(17-35)15-21-13-14-31-25(21)36/h8-12,19,21-24,35H,13-18H2,1-7H3,(H,31,36)(H,32,37)(H,33,38)(H,34,39)/t19-,21+,22+,23+,24+/m1/s1. The highest BCUT2D eigenvalue weighted by Gasteiger charge is 2.36. The van der Waals surface area contributed by atoms with Crippen molar-refractivity contribution < 1.29 is 33.8 Å². The molecule has 0 aliphatic carbocycles. The minimum Gasteiger partial charge on any atom is -0.445 e. The van der Waals surface area contributed by atoms with Gasteiger partial charge in [-0.15, -0.1) is 0 Å². The third-order valence-electron chi connectivity index (χ3n) is 6.53. The predicted molar refractivity (Wildman–Crippen MR) is 155 cm³/mol. The number of rotatable bonds is 13. The Morgan fingerprint density at radius 2 is 1.68 bits per heavy atom. The fourth-order valence-corrected chi connectivity index (χ4v) is 4.69. The molecule has 1 aliphatic rings.